The van der Waals surface area contributed by atoms with Crippen molar-refractivity contribution in [2.75, 3.05) is 6.61 Å². The van der Waals surface area contributed by atoms with E-state index < -0.39 is 18.2 Å². The maximum atomic E-state index is 12.4. The van der Waals surface area contributed by atoms with Gasteiger partial charge in [0.1, 0.15) is 0 Å². The Hall–Kier alpha value is -1.43. The Morgan fingerprint density at radius 3 is 1.22 bits per heavy atom. The fourth-order valence-corrected chi connectivity index (χ4v) is 7.25. The molecular formula is C49H93NO4. The number of hydrogen-bond donors (Lipinski definition) is 4. The van der Waals surface area contributed by atoms with Gasteiger partial charge in [0.15, 0.2) is 0 Å². The predicted octanol–water partition coefficient (Wildman–Crippen LogP) is 13.9. The second kappa shape index (κ2) is 44.3. The van der Waals surface area contributed by atoms with Gasteiger partial charge in [-0.05, 0) is 51.4 Å². The number of aliphatic hydroxyl groups excluding tert-OH is 3. The lowest BCUT2D eigenvalue weighted by Gasteiger charge is -2.21. The normalized spacial score (nSPS) is 13.8. The number of aliphatic hydroxyl groups is 3. The molecule has 3 unspecified atom stereocenters. The maximum Gasteiger partial charge on any atom is 0.222 e. The number of hydrogen-bond acceptors (Lipinski definition) is 4. The van der Waals surface area contributed by atoms with E-state index in [1.54, 1.807) is 6.08 Å². The first-order valence-corrected chi connectivity index (χ1v) is 23.8. The van der Waals surface area contributed by atoms with Crippen LogP contribution in [0.5, 0.6) is 0 Å². The van der Waals surface area contributed by atoms with Crippen molar-refractivity contribution >= 4 is 5.91 Å². The number of unbranched alkanes of at least 4 members (excludes halogenated alkanes) is 30. The molecule has 0 heterocycles. The first-order valence-electron chi connectivity index (χ1n) is 23.8. The molecule has 0 bridgehead atoms. The van der Waals surface area contributed by atoms with E-state index in [2.05, 4.69) is 43.5 Å². The molecule has 1 amide bonds. The minimum atomic E-state index is -0.929. The van der Waals surface area contributed by atoms with Crippen LogP contribution < -0.4 is 5.32 Å². The molecule has 5 heteroatoms. The smallest absolute Gasteiger partial charge is 0.222 e. The van der Waals surface area contributed by atoms with Crippen molar-refractivity contribution in [3.05, 3.63) is 36.5 Å². The minimum Gasteiger partial charge on any atom is -0.394 e. The first kappa shape index (κ1) is 52.6. The van der Waals surface area contributed by atoms with Gasteiger partial charge in [-0.1, -0.05) is 224 Å². The van der Waals surface area contributed by atoms with Crippen molar-refractivity contribution in [3.8, 4) is 0 Å². The van der Waals surface area contributed by atoms with Crippen LogP contribution in [0.2, 0.25) is 0 Å². The van der Waals surface area contributed by atoms with Crippen molar-refractivity contribution in [3.63, 3.8) is 0 Å². The minimum absolute atomic E-state index is 0.0110. The number of carbonyl (C=O) groups excluding carboxylic acids is 1. The zero-order valence-corrected chi connectivity index (χ0v) is 36.1. The summed E-state index contributed by atoms with van der Waals surface area (Å²) in [6.07, 6.45) is 55.8. The van der Waals surface area contributed by atoms with Gasteiger partial charge in [-0.15, -0.1) is 0 Å². The molecule has 318 valence electrons. The van der Waals surface area contributed by atoms with Crippen LogP contribution in [0.4, 0.5) is 0 Å². The van der Waals surface area contributed by atoms with Crippen LogP contribution in [-0.2, 0) is 4.79 Å². The van der Waals surface area contributed by atoms with Gasteiger partial charge in [-0.2, -0.15) is 0 Å². The average Bonchev–Trinajstić information content (AvgIpc) is 3.16. The Balaban J connectivity index is 3.62. The molecule has 0 saturated heterocycles. The second-order valence-electron chi connectivity index (χ2n) is 16.4. The van der Waals surface area contributed by atoms with Gasteiger partial charge < -0.3 is 20.6 Å². The van der Waals surface area contributed by atoms with Crippen LogP contribution in [0.3, 0.4) is 0 Å². The summed E-state index contributed by atoms with van der Waals surface area (Å²) in [5.74, 6) is -0.318. The highest BCUT2D eigenvalue weighted by Gasteiger charge is 2.20. The van der Waals surface area contributed by atoms with Gasteiger partial charge in [0.25, 0.3) is 0 Å². The van der Waals surface area contributed by atoms with Crippen LogP contribution in [0, 0.1) is 0 Å². The molecule has 5 nitrogen and oxygen atoms in total. The third-order valence-corrected chi connectivity index (χ3v) is 10.9. The molecule has 0 saturated carbocycles. The number of amides is 1. The largest absolute Gasteiger partial charge is 0.394 e. The van der Waals surface area contributed by atoms with Crippen LogP contribution in [-0.4, -0.2) is 46.1 Å². The van der Waals surface area contributed by atoms with E-state index >= 15 is 0 Å². The SMILES string of the molecule is CCCCCCCCCCC/C=C\C/C=C\CCCCCCCCCCCC(O)CC(=O)NC(CO)C(O)/C=C/CCCCCCCCCCCCCC. The van der Waals surface area contributed by atoms with E-state index in [0.717, 1.165) is 32.1 Å². The van der Waals surface area contributed by atoms with Gasteiger partial charge >= 0.3 is 0 Å². The summed E-state index contributed by atoms with van der Waals surface area (Å²) in [5.41, 5.74) is 0. The summed E-state index contributed by atoms with van der Waals surface area (Å²) in [4.78, 5) is 12.4. The number of rotatable bonds is 43. The quantitative estimate of drug-likeness (QED) is 0.0368. The van der Waals surface area contributed by atoms with E-state index in [0.29, 0.717) is 6.42 Å². The second-order valence-corrected chi connectivity index (χ2v) is 16.4. The molecule has 0 aliphatic heterocycles. The zero-order chi connectivity index (χ0) is 39.4. The lowest BCUT2D eigenvalue weighted by Crippen LogP contribution is -2.45. The molecule has 0 fully saturated rings. The van der Waals surface area contributed by atoms with Crippen LogP contribution in [0.1, 0.15) is 245 Å². The summed E-state index contributed by atoms with van der Waals surface area (Å²) in [6.45, 7) is 4.22. The van der Waals surface area contributed by atoms with Gasteiger partial charge in [-0.3, -0.25) is 4.79 Å². The van der Waals surface area contributed by atoms with Gasteiger partial charge in [-0.25, -0.2) is 0 Å². The molecule has 0 aromatic heterocycles. The summed E-state index contributed by atoms with van der Waals surface area (Å²) in [6, 6.07) is -0.745. The standard InChI is InChI=1S/C49H93NO4/c1-3-5-7-9-11-13-15-17-19-20-21-22-23-24-25-26-27-28-29-30-32-34-36-38-40-42-46(52)44-49(54)50-47(45-51)48(53)43-41-39-37-35-33-31-18-16-14-12-10-8-6-4-2/h21-22,24-25,41,43,46-48,51-53H,3-20,23,26-40,42,44-45H2,1-2H3,(H,50,54)/b22-21-,25-24-,43-41+. The summed E-state index contributed by atoms with van der Waals surface area (Å²) < 4.78 is 0. The van der Waals surface area contributed by atoms with Crippen LogP contribution in [0.15, 0.2) is 36.5 Å². The topological polar surface area (TPSA) is 89.8 Å². The Bertz CT molecular complexity index is 840. The van der Waals surface area contributed by atoms with E-state index in [-0.39, 0.29) is 18.9 Å². The summed E-state index contributed by atoms with van der Waals surface area (Å²) >= 11 is 0. The molecule has 0 aromatic rings. The molecular weight excluding hydrogens is 667 g/mol. The molecule has 4 N–H and O–H groups in total. The van der Waals surface area contributed by atoms with Gasteiger partial charge in [0.05, 0.1) is 31.3 Å². The Morgan fingerprint density at radius 1 is 0.481 bits per heavy atom. The highest BCUT2D eigenvalue weighted by Crippen LogP contribution is 2.15. The van der Waals surface area contributed by atoms with E-state index in [9.17, 15) is 20.1 Å². The Kier molecular flexibility index (Phi) is 43.1. The van der Waals surface area contributed by atoms with Crippen molar-refractivity contribution in [1.29, 1.82) is 0 Å². The summed E-state index contributed by atoms with van der Waals surface area (Å²) in [5, 5.41) is 33.3. The number of allylic oxidation sites excluding steroid dienone is 5. The first-order chi connectivity index (χ1) is 26.5. The van der Waals surface area contributed by atoms with Gasteiger partial charge in [0.2, 0.25) is 5.91 Å². The Morgan fingerprint density at radius 2 is 0.833 bits per heavy atom. The van der Waals surface area contributed by atoms with Crippen molar-refractivity contribution in [2.45, 2.75) is 263 Å². The molecule has 3 atom stereocenters. The number of carbonyl (C=O) groups is 1. The maximum absolute atomic E-state index is 12.4. The molecule has 0 radical (unpaired) electrons. The lowest BCUT2D eigenvalue weighted by molar-refractivity contribution is -0.124. The van der Waals surface area contributed by atoms with Gasteiger partial charge in [0, 0.05) is 0 Å². The van der Waals surface area contributed by atoms with Crippen LogP contribution in [0.25, 0.3) is 0 Å². The molecule has 0 spiro atoms. The summed E-state index contributed by atoms with van der Waals surface area (Å²) in [7, 11) is 0. The predicted molar refractivity (Wildman–Crippen MR) is 236 cm³/mol. The fraction of sp³-hybridized carbons (Fsp3) is 0.857. The monoisotopic (exact) mass is 760 g/mol. The highest BCUT2D eigenvalue weighted by atomic mass is 16.3. The zero-order valence-electron chi connectivity index (χ0n) is 36.1. The van der Waals surface area contributed by atoms with E-state index in [4.69, 9.17) is 0 Å². The highest BCUT2D eigenvalue weighted by molar-refractivity contribution is 5.76. The molecule has 0 rings (SSSR count). The van der Waals surface area contributed by atoms with E-state index in [1.807, 2.05) is 6.08 Å². The molecule has 0 aromatic carbocycles. The average molecular weight is 760 g/mol. The van der Waals surface area contributed by atoms with Crippen molar-refractivity contribution < 1.29 is 20.1 Å². The van der Waals surface area contributed by atoms with Crippen LogP contribution >= 0.6 is 0 Å². The molecule has 0 aliphatic rings. The Labute approximate surface area is 336 Å². The fourth-order valence-electron chi connectivity index (χ4n) is 7.25. The van der Waals surface area contributed by atoms with E-state index in [1.165, 1.54) is 186 Å². The lowest BCUT2D eigenvalue weighted by atomic mass is 10.0. The third kappa shape index (κ3) is 40.2. The van der Waals surface area contributed by atoms with Crippen molar-refractivity contribution in [2.24, 2.45) is 0 Å². The molecule has 0 aliphatic carbocycles. The number of nitrogens with one attached hydrogen (secondary N) is 1. The third-order valence-electron chi connectivity index (χ3n) is 10.9. The van der Waals surface area contributed by atoms with Crippen molar-refractivity contribution in [1.82, 2.24) is 5.32 Å². The molecule has 54 heavy (non-hydrogen) atoms.